The Bertz CT molecular complexity index is 3760. The van der Waals surface area contributed by atoms with Gasteiger partial charge in [0.05, 0.1) is 45.2 Å². The zero-order chi connectivity index (χ0) is 44.3. The molecule has 0 atom stereocenters. The number of hydrogen-bond acceptors (Lipinski definition) is 4. The largest absolute Gasteiger partial charge is 0.309 e. The molecule has 314 valence electrons. The van der Waals surface area contributed by atoms with Crippen molar-refractivity contribution in [2.24, 2.45) is 0 Å². The number of para-hydroxylation sites is 2. The van der Waals surface area contributed by atoms with Gasteiger partial charge in [-0.1, -0.05) is 170 Å². The summed E-state index contributed by atoms with van der Waals surface area (Å²) in [4.78, 5) is 20.9. The predicted octanol–water partition coefficient (Wildman–Crippen LogP) is 14.5. The third kappa shape index (κ3) is 6.60. The van der Waals surface area contributed by atoms with Crippen molar-refractivity contribution in [2.45, 2.75) is 0 Å². The van der Waals surface area contributed by atoms with Crippen molar-refractivity contribution in [3.8, 4) is 84.6 Å². The summed E-state index contributed by atoms with van der Waals surface area (Å²) < 4.78 is 6.68. The molecule has 0 saturated carbocycles. The topological polar surface area (TPSA) is 65.3 Å². The lowest BCUT2D eigenvalue weighted by atomic mass is 10.0. The fourth-order valence-electron chi connectivity index (χ4n) is 9.57. The predicted molar refractivity (Wildman–Crippen MR) is 272 cm³/mol. The average molecular weight is 858 g/mol. The summed E-state index contributed by atoms with van der Waals surface area (Å²) in [6, 6.07) is 78.3. The number of nitrogens with zero attached hydrogens (tertiary/aromatic N) is 7. The SMILES string of the molecule is c1ccc(-c2nc3ccccn3c2-c2ccc(-c3cc(-c4ccc(-c5c(-c6ccccc6)nc6ccccn56)cc4)nc(-c4ccc5c6ccccc6n(-c6ccccc6)c5c4)n3)cc2)cc1. The molecular formula is C60H39N7. The van der Waals surface area contributed by atoms with E-state index in [1.54, 1.807) is 0 Å². The molecule has 0 saturated heterocycles. The van der Waals surface area contributed by atoms with Gasteiger partial charge in [-0.25, -0.2) is 19.9 Å². The van der Waals surface area contributed by atoms with E-state index in [-0.39, 0.29) is 0 Å². The molecule has 13 aromatic rings. The maximum atomic E-state index is 5.36. The number of fused-ring (bicyclic) bond motifs is 5. The van der Waals surface area contributed by atoms with Crippen molar-refractivity contribution in [2.75, 3.05) is 0 Å². The van der Waals surface area contributed by atoms with E-state index in [9.17, 15) is 0 Å². The second-order valence-electron chi connectivity index (χ2n) is 16.7. The highest BCUT2D eigenvalue weighted by atomic mass is 15.0. The van der Waals surface area contributed by atoms with Gasteiger partial charge >= 0.3 is 0 Å². The minimum absolute atomic E-state index is 0.647. The van der Waals surface area contributed by atoms with Gasteiger partial charge in [0, 0.05) is 67.8 Å². The van der Waals surface area contributed by atoms with Gasteiger partial charge in [-0.2, -0.15) is 0 Å². The summed E-state index contributed by atoms with van der Waals surface area (Å²) in [5.41, 5.74) is 17.9. The molecule has 0 unspecified atom stereocenters. The van der Waals surface area contributed by atoms with Gasteiger partial charge in [-0.3, -0.25) is 8.80 Å². The van der Waals surface area contributed by atoms with Crippen LogP contribution >= 0.6 is 0 Å². The molecular weight excluding hydrogens is 819 g/mol. The molecule has 6 aromatic heterocycles. The highest BCUT2D eigenvalue weighted by Gasteiger charge is 2.20. The number of rotatable bonds is 8. The first kappa shape index (κ1) is 38.3. The van der Waals surface area contributed by atoms with E-state index in [0.717, 1.165) is 101 Å². The highest BCUT2D eigenvalue weighted by molar-refractivity contribution is 6.10. The lowest BCUT2D eigenvalue weighted by molar-refractivity contribution is 1.17. The number of pyridine rings is 2. The molecule has 0 radical (unpaired) electrons. The van der Waals surface area contributed by atoms with Crippen LogP contribution in [0.15, 0.2) is 237 Å². The number of benzene rings is 7. The summed E-state index contributed by atoms with van der Waals surface area (Å²) >= 11 is 0. The van der Waals surface area contributed by atoms with Gasteiger partial charge in [-0.05, 0) is 54.6 Å². The molecule has 13 rings (SSSR count). The zero-order valence-corrected chi connectivity index (χ0v) is 36.1. The molecule has 7 heteroatoms. The maximum Gasteiger partial charge on any atom is 0.160 e. The molecule has 0 aliphatic heterocycles. The van der Waals surface area contributed by atoms with Crippen LogP contribution in [0, 0.1) is 0 Å². The van der Waals surface area contributed by atoms with Crippen LogP contribution in [-0.2, 0) is 0 Å². The van der Waals surface area contributed by atoms with Gasteiger partial charge in [0.25, 0.3) is 0 Å². The zero-order valence-electron chi connectivity index (χ0n) is 36.1. The van der Waals surface area contributed by atoms with Gasteiger partial charge in [0.15, 0.2) is 5.82 Å². The average Bonchev–Trinajstić information content (AvgIpc) is 4.10. The molecule has 0 fully saturated rings. The van der Waals surface area contributed by atoms with E-state index in [4.69, 9.17) is 19.9 Å². The fourth-order valence-corrected chi connectivity index (χ4v) is 9.57. The van der Waals surface area contributed by atoms with E-state index < -0.39 is 0 Å². The molecule has 0 spiro atoms. The van der Waals surface area contributed by atoms with Gasteiger partial charge in [0.2, 0.25) is 0 Å². The number of aromatic nitrogens is 7. The maximum absolute atomic E-state index is 5.36. The van der Waals surface area contributed by atoms with Crippen LogP contribution in [0.1, 0.15) is 0 Å². The van der Waals surface area contributed by atoms with Crippen molar-refractivity contribution in [3.63, 3.8) is 0 Å². The standard InChI is InChI=1S/C60H39N7/c1-4-16-42(17-5-1)56-58(65-36-14-12-24-54(65)63-56)44-30-26-40(27-31-44)50-39-51(41-28-32-45(33-29-41)59-57(43-18-6-2-7-19-43)64-55-25-13-15-37-66(55)59)62-60(61-50)46-34-35-49-48-22-10-11-23-52(48)67(53(49)38-46)47-20-8-3-9-21-47/h1-39H. The van der Waals surface area contributed by atoms with Crippen LogP contribution in [-0.4, -0.2) is 33.3 Å². The van der Waals surface area contributed by atoms with Crippen molar-refractivity contribution in [1.29, 1.82) is 0 Å². The van der Waals surface area contributed by atoms with E-state index >= 15 is 0 Å². The van der Waals surface area contributed by atoms with Crippen LogP contribution in [0.4, 0.5) is 0 Å². The Balaban J connectivity index is 0.964. The van der Waals surface area contributed by atoms with Crippen molar-refractivity contribution < 1.29 is 0 Å². The number of imidazole rings is 2. The second kappa shape index (κ2) is 15.8. The van der Waals surface area contributed by atoms with Crippen molar-refractivity contribution >= 4 is 33.1 Å². The van der Waals surface area contributed by atoms with Crippen LogP contribution in [0.5, 0.6) is 0 Å². The van der Waals surface area contributed by atoms with E-state index in [1.807, 2.05) is 24.3 Å². The lowest BCUT2D eigenvalue weighted by Crippen LogP contribution is -1.97. The molecule has 0 bridgehead atoms. The summed E-state index contributed by atoms with van der Waals surface area (Å²) in [6.45, 7) is 0. The van der Waals surface area contributed by atoms with Crippen LogP contribution < -0.4 is 0 Å². The first-order chi connectivity index (χ1) is 33.2. The van der Waals surface area contributed by atoms with E-state index in [2.05, 4.69) is 226 Å². The molecule has 7 nitrogen and oxygen atoms in total. The third-order valence-corrected chi connectivity index (χ3v) is 12.7. The minimum Gasteiger partial charge on any atom is -0.309 e. The Hall–Kier alpha value is -9.20. The lowest BCUT2D eigenvalue weighted by Gasteiger charge is -2.12. The molecule has 7 aromatic carbocycles. The van der Waals surface area contributed by atoms with Crippen molar-refractivity contribution in [1.82, 2.24) is 33.3 Å². The molecule has 0 aliphatic rings. The van der Waals surface area contributed by atoms with E-state index in [0.29, 0.717) is 5.82 Å². The normalized spacial score (nSPS) is 11.6. The third-order valence-electron chi connectivity index (χ3n) is 12.7. The summed E-state index contributed by atoms with van der Waals surface area (Å²) in [7, 11) is 0. The van der Waals surface area contributed by atoms with Gasteiger partial charge < -0.3 is 4.57 Å². The Morgan fingerprint density at radius 2 is 0.746 bits per heavy atom. The summed E-state index contributed by atoms with van der Waals surface area (Å²) in [5, 5.41) is 2.38. The van der Waals surface area contributed by atoms with Crippen LogP contribution in [0.3, 0.4) is 0 Å². The first-order valence-corrected chi connectivity index (χ1v) is 22.5. The molecule has 6 heterocycles. The monoisotopic (exact) mass is 857 g/mol. The quantitative estimate of drug-likeness (QED) is 0.153. The Labute approximate surface area is 386 Å². The smallest absolute Gasteiger partial charge is 0.160 e. The summed E-state index contributed by atoms with van der Waals surface area (Å²) in [5.74, 6) is 0.647. The summed E-state index contributed by atoms with van der Waals surface area (Å²) in [6.07, 6.45) is 4.16. The Kier molecular flexibility index (Phi) is 9.03. The Morgan fingerprint density at radius 1 is 0.299 bits per heavy atom. The first-order valence-electron chi connectivity index (χ1n) is 22.5. The number of hydrogen-bond donors (Lipinski definition) is 0. The highest BCUT2D eigenvalue weighted by Crippen LogP contribution is 2.39. The second-order valence-corrected chi connectivity index (χ2v) is 16.7. The van der Waals surface area contributed by atoms with E-state index in [1.165, 1.54) is 10.8 Å². The molecule has 0 amide bonds. The fraction of sp³-hybridized carbons (Fsp3) is 0. The Morgan fingerprint density at radius 3 is 1.30 bits per heavy atom. The minimum atomic E-state index is 0.647. The van der Waals surface area contributed by atoms with Crippen LogP contribution in [0.2, 0.25) is 0 Å². The molecule has 0 N–H and O–H groups in total. The molecule has 0 aliphatic carbocycles. The van der Waals surface area contributed by atoms with Gasteiger partial charge in [0.1, 0.15) is 11.3 Å². The van der Waals surface area contributed by atoms with Crippen molar-refractivity contribution in [3.05, 3.63) is 237 Å². The molecule has 67 heavy (non-hydrogen) atoms. The van der Waals surface area contributed by atoms with Crippen LogP contribution in [0.25, 0.3) is 118 Å². The van der Waals surface area contributed by atoms with Gasteiger partial charge in [-0.15, -0.1) is 0 Å².